The number of hydrogen-bond acceptors (Lipinski definition) is 1. The monoisotopic (exact) mass is 265 g/mol. The molecule has 15 heavy (non-hydrogen) atoms. The topological polar surface area (TPSA) is 29.1 Å². The Labute approximate surface area is 98.2 Å². The van der Waals surface area contributed by atoms with Crippen molar-refractivity contribution >= 4 is 27.5 Å². The van der Waals surface area contributed by atoms with Crippen molar-refractivity contribution in [3.05, 3.63) is 29.8 Å². The van der Waals surface area contributed by atoms with Crippen LogP contribution in [0.4, 0.5) is 5.69 Å². The molecule has 0 fully saturated rings. The molecule has 1 unspecified atom stereocenters. The van der Waals surface area contributed by atoms with Crippen molar-refractivity contribution in [2.75, 3.05) is 5.32 Å². The van der Waals surface area contributed by atoms with Crippen LogP contribution in [0.5, 0.6) is 0 Å². The fourth-order valence-corrected chi connectivity index (χ4v) is 1.21. The molecule has 0 heterocycles. The van der Waals surface area contributed by atoms with Crippen LogP contribution in [0, 0.1) is 12.3 Å². The third-order valence-electron chi connectivity index (χ3n) is 1.94. The molecule has 1 aromatic carbocycles. The van der Waals surface area contributed by atoms with E-state index in [2.05, 4.69) is 27.2 Å². The summed E-state index contributed by atoms with van der Waals surface area (Å²) in [7, 11) is 0. The van der Waals surface area contributed by atoms with Gasteiger partial charge in [-0.1, -0.05) is 34.8 Å². The summed E-state index contributed by atoms with van der Waals surface area (Å²) in [5, 5.41) is 2.79. The molecule has 1 aromatic rings. The van der Waals surface area contributed by atoms with Gasteiger partial charge in [-0.3, -0.25) is 4.79 Å². The van der Waals surface area contributed by atoms with E-state index >= 15 is 0 Å². The molecular formula is C12H12BrNO. The van der Waals surface area contributed by atoms with E-state index in [0.29, 0.717) is 0 Å². The van der Waals surface area contributed by atoms with Gasteiger partial charge in [-0.25, -0.2) is 0 Å². The Kier molecular flexibility index (Phi) is 4.38. The first-order valence-electron chi connectivity index (χ1n) is 4.69. The van der Waals surface area contributed by atoms with Crippen LogP contribution in [0.3, 0.4) is 0 Å². The largest absolute Gasteiger partial charge is 0.325 e. The molecule has 0 bridgehead atoms. The predicted octanol–water partition coefficient (Wildman–Crippen LogP) is 2.78. The number of hydrogen-bond donors (Lipinski definition) is 1. The molecule has 0 aliphatic heterocycles. The fourth-order valence-electron chi connectivity index (χ4n) is 1.09. The number of nitrogens with one attached hydrogen (secondary N) is 1. The van der Waals surface area contributed by atoms with Crippen LogP contribution in [0.2, 0.25) is 0 Å². The Morgan fingerprint density at radius 2 is 2.40 bits per heavy atom. The average molecular weight is 266 g/mol. The number of benzene rings is 1. The van der Waals surface area contributed by atoms with Crippen LogP contribution < -0.4 is 5.32 Å². The van der Waals surface area contributed by atoms with Crippen molar-refractivity contribution in [2.45, 2.75) is 18.2 Å². The van der Waals surface area contributed by atoms with Gasteiger partial charge in [-0.15, -0.1) is 6.42 Å². The summed E-state index contributed by atoms with van der Waals surface area (Å²) in [6, 6.07) is 7.22. The fraction of sp³-hybridized carbons (Fsp3) is 0.250. The summed E-state index contributed by atoms with van der Waals surface area (Å²) in [6.45, 7) is 1.94. The quantitative estimate of drug-likeness (QED) is 0.661. The second kappa shape index (κ2) is 5.57. The van der Waals surface area contributed by atoms with Crippen molar-refractivity contribution in [1.29, 1.82) is 0 Å². The molecule has 1 amide bonds. The van der Waals surface area contributed by atoms with Gasteiger partial charge in [0.05, 0.1) is 4.83 Å². The van der Waals surface area contributed by atoms with Crippen molar-refractivity contribution in [3.8, 4) is 12.3 Å². The SMILES string of the molecule is C#Cc1cccc(NC(=O)C(Br)CC)c1. The molecule has 2 nitrogen and oxygen atoms in total. The summed E-state index contributed by atoms with van der Waals surface area (Å²) in [4.78, 5) is 11.4. The van der Waals surface area contributed by atoms with Gasteiger partial charge in [0, 0.05) is 11.3 Å². The molecule has 1 atom stereocenters. The average Bonchev–Trinajstić information content (AvgIpc) is 2.28. The van der Waals surface area contributed by atoms with Crippen molar-refractivity contribution in [2.24, 2.45) is 0 Å². The smallest absolute Gasteiger partial charge is 0.238 e. The van der Waals surface area contributed by atoms with E-state index in [-0.39, 0.29) is 10.7 Å². The third kappa shape index (κ3) is 3.41. The molecule has 3 heteroatoms. The minimum absolute atomic E-state index is 0.0494. The molecule has 0 aliphatic rings. The number of alkyl halides is 1. The van der Waals surface area contributed by atoms with E-state index in [1.807, 2.05) is 25.1 Å². The van der Waals surface area contributed by atoms with E-state index in [1.54, 1.807) is 6.07 Å². The molecule has 0 spiro atoms. The number of halogens is 1. The van der Waals surface area contributed by atoms with Crippen LogP contribution in [-0.2, 0) is 4.79 Å². The van der Waals surface area contributed by atoms with Gasteiger partial charge in [0.2, 0.25) is 5.91 Å². The van der Waals surface area contributed by atoms with Gasteiger partial charge in [0.1, 0.15) is 0 Å². The lowest BCUT2D eigenvalue weighted by atomic mass is 10.2. The summed E-state index contributed by atoms with van der Waals surface area (Å²) < 4.78 is 0. The lowest BCUT2D eigenvalue weighted by molar-refractivity contribution is -0.115. The Bertz CT molecular complexity index is 395. The van der Waals surface area contributed by atoms with E-state index < -0.39 is 0 Å². The Morgan fingerprint density at radius 1 is 1.67 bits per heavy atom. The molecule has 0 saturated heterocycles. The van der Waals surface area contributed by atoms with E-state index in [1.165, 1.54) is 0 Å². The summed E-state index contributed by atoms with van der Waals surface area (Å²) in [5.74, 6) is 2.47. The van der Waals surface area contributed by atoms with E-state index in [0.717, 1.165) is 17.7 Å². The first-order valence-corrected chi connectivity index (χ1v) is 5.60. The zero-order valence-corrected chi connectivity index (χ0v) is 10.0. The van der Waals surface area contributed by atoms with Gasteiger partial charge < -0.3 is 5.32 Å². The molecule has 78 valence electrons. The predicted molar refractivity (Wildman–Crippen MR) is 66.0 cm³/mol. The number of rotatable bonds is 3. The molecule has 0 aliphatic carbocycles. The van der Waals surface area contributed by atoms with Crippen LogP contribution in [0.15, 0.2) is 24.3 Å². The normalized spacial score (nSPS) is 11.5. The molecule has 0 aromatic heterocycles. The summed E-state index contributed by atoms with van der Waals surface area (Å²) in [6.07, 6.45) is 6.01. The van der Waals surface area contributed by atoms with Crippen molar-refractivity contribution < 1.29 is 4.79 Å². The second-order valence-electron chi connectivity index (χ2n) is 3.09. The lowest BCUT2D eigenvalue weighted by Gasteiger charge is -2.08. The number of anilines is 1. The second-order valence-corrected chi connectivity index (χ2v) is 4.20. The molecule has 1 N–H and O–H groups in total. The highest BCUT2D eigenvalue weighted by molar-refractivity contribution is 9.10. The maximum Gasteiger partial charge on any atom is 0.238 e. The Hall–Kier alpha value is -1.27. The maximum atomic E-state index is 11.5. The van der Waals surface area contributed by atoms with Crippen LogP contribution in [-0.4, -0.2) is 10.7 Å². The van der Waals surface area contributed by atoms with Gasteiger partial charge in [-0.05, 0) is 24.6 Å². The first kappa shape index (κ1) is 11.8. The Morgan fingerprint density at radius 3 is 3.00 bits per heavy atom. The standard InChI is InChI=1S/C12H12BrNO/c1-3-9-6-5-7-10(8-9)14-12(15)11(13)4-2/h1,5-8,11H,4H2,2H3,(H,14,15). The lowest BCUT2D eigenvalue weighted by Crippen LogP contribution is -2.21. The molecule has 0 saturated carbocycles. The van der Waals surface area contributed by atoms with Gasteiger partial charge in [-0.2, -0.15) is 0 Å². The van der Waals surface area contributed by atoms with Crippen molar-refractivity contribution in [1.82, 2.24) is 0 Å². The minimum Gasteiger partial charge on any atom is -0.325 e. The van der Waals surface area contributed by atoms with Gasteiger partial charge >= 0.3 is 0 Å². The van der Waals surface area contributed by atoms with Crippen molar-refractivity contribution in [3.63, 3.8) is 0 Å². The van der Waals surface area contributed by atoms with Crippen LogP contribution >= 0.6 is 15.9 Å². The van der Waals surface area contributed by atoms with E-state index in [4.69, 9.17) is 6.42 Å². The minimum atomic E-state index is -0.160. The number of amides is 1. The Balaban J connectivity index is 2.73. The number of terminal acetylenes is 1. The molecular weight excluding hydrogens is 254 g/mol. The number of carbonyl (C=O) groups is 1. The van der Waals surface area contributed by atoms with Crippen LogP contribution in [0.25, 0.3) is 0 Å². The zero-order chi connectivity index (χ0) is 11.3. The number of carbonyl (C=O) groups excluding carboxylic acids is 1. The highest BCUT2D eigenvalue weighted by atomic mass is 79.9. The van der Waals surface area contributed by atoms with Gasteiger partial charge in [0.15, 0.2) is 0 Å². The first-order chi connectivity index (χ1) is 7.17. The van der Waals surface area contributed by atoms with Gasteiger partial charge in [0.25, 0.3) is 0 Å². The summed E-state index contributed by atoms with van der Waals surface area (Å²) in [5.41, 5.74) is 1.49. The zero-order valence-electron chi connectivity index (χ0n) is 8.46. The highest BCUT2D eigenvalue weighted by Gasteiger charge is 2.11. The maximum absolute atomic E-state index is 11.5. The van der Waals surface area contributed by atoms with E-state index in [9.17, 15) is 4.79 Å². The highest BCUT2D eigenvalue weighted by Crippen LogP contribution is 2.12. The van der Waals surface area contributed by atoms with Crippen LogP contribution in [0.1, 0.15) is 18.9 Å². The third-order valence-corrected chi connectivity index (χ3v) is 3.00. The molecule has 0 radical (unpaired) electrons. The summed E-state index contributed by atoms with van der Waals surface area (Å²) >= 11 is 3.28. The molecule has 1 rings (SSSR count).